The predicted octanol–water partition coefficient (Wildman–Crippen LogP) is 5.01. The number of benzene rings is 2. The van der Waals surface area contributed by atoms with Crippen molar-refractivity contribution in [1.82, 2.24) is 10.2 Å². The molecule has 1 fully saturated rings. The smallest absolute Gasteiger partial charge is 0.412 e. The Labute approximate surface area is 180 Å². The largest absolute Gasteiger partial charge is 0.444 e. The molecule has 2 atom stereocenters. The first-order valence-corrected chi connectivity index (χ1v) is 10.9. The molecule has 154 valence electrons. The molecule has 2 amide bonds. The summed E-state index contributed by atoms with van der Waals surface area (Å²) in [7, 11) is 0. The molecule has 0 saturated carbocycles. The number of rotatable bonds is 4. The second-order valence-corrected chi connectivity index (χ2v) is 9.39. The molecule has 0 bridgehead atoms. The Hall–Kier alpha value is -2.18. The summed E-state index contributed by atoms with van der Waals surface area (Å²) in [5, 5.41) is 3.26. The van der Waals surface area contributed by atoms with Crippen LogP contribution in [0, 0.1) is 0 Å². The van der Waals surface area contributed by atoms with Crippen LogP contribution in [0.4, 0.5) is 4.79 Å². The van der Waals surface area contributed by atoms with Crippen molar-refractivity contribution >= 4 is 35.4 Å². The highest BCUT2D eigenvalue weighted by molar-refractivity contribution is 7.99. The summed E-state index contributed by atoms with van der Waals surface area (Å²) in [6.45, 7) is 5.86. The molecule has 1 N–H and O–H groups in total. The maximum Gasteiger partial charge on any atom is 0.412 e. The quantitative estimate of drug-likeness (QED) is 0.737. The number of halogens is 1. The molecule has 5 nitrogen and oxygen atoms in total. The van der Waals surface area contributed by atoms with E-state index in [9.17, 15) is 9.59 Å². The van der Waals surface area contributed by atoms with Gasteiger partial charge in [0.15, 0.2) is 0 Å². The summed E-state index contributed by atoms with van der Waals surface area (Å²) >= 11 is 7.55. The van der Waals surface area contributed by atoms with Gasteiger partial charge in [-0.15, -0.1) is 11.8 Å². The van der Waals surface area contributed by atoms with Crippen LogP contribution < -0.4 is 5.32 Å². The van der Waals surface area contributed by atoms with Crippen molar-refractivity contribution in [3.63, 3.8) is 0 Å². The van der Waals surface area contributed by atoms with Crippen molar-refractivity contribution in [2.45, 2.75) is 44.3 Å². The average molecular weight is 433 g/mol. The number of nitrogens with one attached hydrogen (secondary N) is 1. The summed E-state index contributed by atoms with van der Waals surface area (Å²) in [4.78, 5) is 27.5. The summed E-state index contributed by atoms with van der Waals surface area (Å²) in [6, 6.07) is 16.4. The highest BCUT2D eigenvalue weighted by atomic mass is 35.5. The minimum Gasteiger partial charge on any atom is -0.444 e. The van der Waals surface area contributed by atoms with Gasteiger partial charge in [0.25, 0.3) is 0 Å². The number of ether oxygens (including phenoxy) is 1. The molecular formula is C22H25ClN2O3S. The van der Waals surface area contributed by atoms with Crippen LogP contribution in [0.15, 0.2) is 54.6 Å². The van der Waals surface area contributed by atoms with E-state index < -0.39 is 17.7 Å². The van der Waals surface area contributed by atoms with Crippen LogP contribution in [0.1, 0.15) is 37.3 Å². The molecule has 0 unspecified atom stereocenters. The molecule has 0 spiro atoms. The predicted molar refractivity (Wildman–Crippen MR) is 117 cm³/mol. The maximum atomic E-state index is 13.0. The number of carbonyl (C=O) groups is 2. The molecule has 29 heavy (non-hydrogen) atoms. The van der Waals surface area contributed by atoms with Crippen LogP contribution in [0.5, 0.6) is 0 Å². The third kappa shape index (κ3) is 5.67. The van der Waals surface area contributed by atoms with E-state index in [2.05, 4.69) is 5.32 Å². The SMILES string of the molecule is CC(C)(C)OC(=O)N1[C@@H](c2ccc(Cl)cc2)SC[C@H]1C(=O)NCc1ccccc1. The second kappa shape index (κ2) is 9.09. The minimum absolute atomic E-state index is 0.191. The molecule has 0 radical (unpaired) electrons. The van der Waals surface area contributed by atoms with Gasteiger partial charge in [0, 0.05) is 17.3 Å². The molecule has 7 heteroatoms. The Morgan fingerprint density at radius 3 is 2.41 bits per heavy atom. The van der Waals surface area contributed by atoms with E-state index >= 15 is 0 Å². The summed E-state index contributed by atoms with van der Waals surface area (Å²) in [5.74, 6) is 0.302. The zero-order valence-corrected chi connectivity index (χ0v) is 18.3. The van der Waals surface area contributed by atoms with Gasteiger partial charge < -0.3 is 10.1 Å². The first-order valence-electron chi connectivity index (χ1n) is 9.44. The van der Waals surface area contributed by atoms with Gasteiger partial charge in [-0.25, -0.2) is 4.79 Å². The van der Waals surface area contributed by atoms with Crippen LogP contribution >= 0.6 is 23.4 Å². The fraction of sp³-hybridized carbons (Fsp3) is 0.364. The Balaban J connectivity index is 1.79. The van der Waals surface area contributed by atoms with Gasteiger partial charge in [-0.05, 0) is 44.0 Å². The van der Waals surface area contributed by atoms with Crippen LogP contribution in [0.25, 0.3) is 0 Å². The third-order valence-corrected chi connectivity index (χ3v) is 5.95. The van der Waals surface area contributed by atoms with Crippen molar-refractivity contribution < 1.29 is 14.3 Å². The van der Waals surface area contributed by atoms with Crippen LogP contribution in [0.3, 0.4) is 0 Å². The number of hydrogen-bond donors (Lipinski definition) is 1. The van der Waals surface area contributed by atoms with Gasteiger partial charge in [-0.2, -0.15) is 0 Å². The van der Waals surface area contributed by atoms with Gasteiger partial charge in [-0.1, -0.05) is 54.1 Å². The van der Waals surface area contributed by atoms with E-state index in [1.807, 2.05) is 63.2 Å². The van der Waals surface area contributed by atoms with Crippen molar-refractivity contribution in [3.05, 3.63) is 70.7 Å². The van der Waals surface area contributed by atoms with E-state index in [0.29, 0.717) is 17.3 Å². The standard InChI is InChI=1S/C22H25ClN2O3S/c1-22(2,3)28-21(27)25-18(19(26)24-13-15-7-5-4-6-8-15)14-29-20(25)16-9-11-17(23)12-10-16/h4-12,18,20H,13-14H2,1-3H3,(H,24,26)/t18-,20+/m0/s1. The number of thioether (sulfide) groups is 1. The van der Waals surface area contributed by atoms with Crippen LogP contribution in [0.2, 0.25) is 5.02 Å². The molecule has 1 saturated heterocycles. The second-order valence-electron chi connectivity index (χ2n) is 7.84. The van der Waals surface area contributed by atoms with Crippen molar-refractivity contribution in [2.75, 3.05) is 5.75 Å². The number of nitrogens with zero attached hydrogens (tertiary/aromatic N) is 1. The molecule has 0 aromatic heterocycles. The van der Waals surface area contributed by atoms with E-state index in [0.717, 1.165) is 11.1 Å². The number of hydrogen-bond acceptors (Lipinski definition) is 4. The maximum absolute atomic E-state index is 13.0. The lowest BCUT2D eigenvalue weighted by Crippen LogP contribution is -2.49. The lowest BCUT2D eigenvalue weighted by Gasteiger charge is -2.31. The van der Waals surface area contributed by atoms with E-state index in [4.69, 9.17) is 16.3 Å². The van der Waals surface area contributed by atoms with Crippen LogP contribution in [-0.2, 0) is 16.1 Å². The van der Waals surface area contributed by atoms with Gasteiger partial charge in [0.1, 0.15) is 17.0 Å². The lowest BCUT2D eigenvalue weighted by atomic mass is 10.1. The highest BCUT2D eigenvalue weighted by Gasteiger charge is 2.44. The summed E-state index contributed by atoms with van der Waals surface area (Å²) in [6.07, 6.45) is -0.498. The monoisotopic (exact) mass is 432 g/mol. The molecule has 1 aliphatic heterocycles. The van der Waals surface area contributed by atoms with Gasteiger partial charge in [0.05, 0.1) is 0 Å². The van der Waals surface area contributed by atoms with E-state index in [1.165, 1.54) is 0 Å². The minimum atomic E-state index is -0.653. The molecule has 3 rings (SSSR count). The molecule has 2 aromatic carbocycles. The summed E-state index contributed by atoms with van der Waals surface area (Å²) < 4.78 is 5.61. The fourth-order valence-electron chi connectivity index (χ4n) is 3.03. The van der Waals surface area contributed by atoms with Gasteiger partial charge in [-0.3, -0.25) is 9.69 Å². The number of amides is 2. The lowest BCUT2D eigenvalue weighted by molar-refractivity contribution is -0.125. The van der Waals surface area contributed by atoms with Crippen molar-refractivity contribution in [1.29, 1.82) is 0 Å². The van der Waals surface area contributed by atoms with E-state index in [1.54, 1.807) is 28.8 Å². The van der Waals surface area contributed by atoms with E-state index in [-0.39, 0.29) is 11.3 Å². The first-order chi connectivity index (χ1) is 13.7. The summed E-state index contributed by atoms with van der Waals surface area (Å²) in [5.41, 5.74) is 1.26. The number of carbonyl (C=O) groups excluding carboxylic acids is 2. The topological polar surface area (TPSA) is 58.6 Å². The Morgan fingerprint density at radius 1 is 1.14 bits per heavy atom. The third-order valence-electron chi connectivity index (χ3n) is 4.37. The highest BCUT2D eigenvalue weighted by Crippen LogP contribution is 2.42. The molecule has 1 aliphatic rings. The molecule has 1 heterocycles. The van der Waals surface area contributed by atoms with Gasteiger partial charge in [0.2, 0.25) is 5.91 Å². The Bertz CT molecular complexity index is 853. The first kappa shape index (κ1) is 21.5. The van der Waals surface area contributed by atoms with Crippen LogP contribution in [-0.4, -0.2) is 34.3 Å². The normalized spacial score (nSPS) is 19.1. The van der Waals surface area contributed by atoms with Gasteiger partial charge >= 0.3 is 6.09 Å². The zero-order valence-electron chi connectivity index (χ0n) is 16.7. The zero-order chi connectivity index (χ0) is 21.0. The average Bonchev–Trinajstić information content (AvgIpc) is 3.11. The fourth-order valence-corrected chi connectivity index (χ4v) is 4.58. The Morgan fingerprint density at radius 2 is 1.79 bits per heavy atom. The molecule has 2 aromatic rings. The Kier molecular flexibility index (Phi) is 6.75. The molecular weight excluding hydrogens is 408 g/mol. The molecule has 0 aliphatic carbocycles. The van der Waals surface area contributed by atoms with Crippen molar-refractivity contribution in [2.24, 2.45) is 0 Å². The van der Waals surface area contributed by atoms with Crippen molar-refractivity contribution in [3.8, 4) is 0 Å².